The van der Waals surface area contributed by atoms with Gasteiger partial charge in [-0.15, -0.1) is 0 Å². The Balaban J connectivity index is 2.22. The number of aliphatic hydroxyl groups is 1. The molecule has 1 aromatic carbocycles. The second kappa shape index (κ2) is 9.18. The van der Waals surface area contributed by atoms with Crippen LogP contribution < -0.4 is 4.74 Å². The summed E-state index contributed by atoms with van der Waals surface area (Å²) in [5.41, 5.74) is 0. The maximum atomic E-state index is 8.88. The second-order valence-corrected chi connectivity index (χ2v) is 5.30. The zero-order valence-corrected chi connectivity index (χ0v) is 12.6. The van der Waals surface area contributed by atoms with Crippen LogP contribution in [0, 0.1) is 0 Å². The molecule has 0 saturated heterocycles. The van der Waals surface area contributed by atoms with E-state index < -0.39 is 0 Å². The van der Waals surface area contributed by atoms with E-state index in [0.29, 0.717) is 12.6 Å². The van der Waals surface area contributed by atoms with Gasteiger partial charge in [-0.2, -0.15) is 0 Å². The average molecular weight is 286 g/mol. The van der Waals surface area contributed by atoms with Crippen LogP contribution in [0.1, 0.15) is 26.7 Å². The molecule has 0 heterocycles. The van der Waals surface area contributed by atoms with Crippen molar-refractivity contribution in [2.75, 3.05) is 26.3 Å². The number of rotatable bonds is 9. The van der Waals surface area contributed by atoms with Crippen LogP contribution in [0.5, 0.6) is 5.75 Å². The summed E-state index contributed by atoms with van der Waals surface area (Å²) in [6.45, 7) is 7.24. The minimum Gasteiger partial charge on any atom is -0.494 e. The van der Waals surface area contributed by atoms with Crippen LogP contribution in [-0.4, -0.2) is 42.4 Å². The van der Waals surface area contributed by atoms with E-state index >= 15 is 0 Å². The van der Waals surface area contributed by atoms with Gasteiger partial charge < -0.3 is 14.7 Å². The van der Waals surface area contributed by atoms with Crippen molar-refractivity contribution in [1.29, 1.82) is 0 Å². The Hall–Kier alpha value is -0.770. The maximum absolute atomic E-state index is 8.88. The normalized spacial score (nSPS) is 11.3. The first-order valence-corrected chi connectivity index (χ1v) is 7.24. The van der Waals surface area contributed by atoms with Gasteiger partial charge in [0, 0.05) is 30.8 Å². The summed E-state index contributed by atoms with van der Waals surface area (Å²) in [5, 5.41) is 9.60. The van der Waals surface area contributed by atoms with Gasteiger partial charge in [0.25, 0.3) is 0 Å². The molecule has 0 saturated carbocycles. The number of hydrogen-bond acceptors (Lipinski definition) is 3. The van der Waals surface area contributed by atoms with E-state index in [-0.39, 0.29) is 6.61 Å². The first-order valence-electron chi connectivity index (χ1n) is 6.86. The van der Waals surface area contributed by atoms with Crippen molar-refractivity contribution in [3.8, 4) is 5.75 Å². The minimum absolute atomic E-state index is 0.254. The lowest BCUT2D eigenvalue weighted by molar-refractivity contribution is 0.177. The summed E-state index contributed by atoms with van der Waals surface area (Å²) >= 11 is 5.82. The molecule has 0 aliphatic rings. The number of hydrogen-bond donors (Lipinski definition) is 1. The topological polar surface area (TPSA) is 32.7 Å². The summed E-state index contributed by atoms with van der Waals surface area (Å²) in [4.78, 5) is 2.36. The molecule has 0 unspecified atom stereocenters. The largest absolute Gasteiger partial charge is 0.494 e. The third kappa shape index (κ3) is 6.81. The molecule has 1 N–H and O–H groups in total. The molecule has 0 amide bonds. The monoisotopic (exact) mass is 285 g/mol. The fraction of sp³-hybridized carbons (Fsp3) is 0.600. The Kier molecular flexibility index (Phi) is 7.87. The molecular formula is C15H24ClNO2. The molecule has 0 spiro atoms. The minimum atomic E-state index is 0.254. The maximum Gasteiger partial charge on any atom is 0.119 e. The Morgan fingerprint density at radius 3 is 2.37 bits per heavy atom. The number of nitrogens with zero attached hydrogens (tertiary/aromatic N) is 1. The van der Waals surface area contributed by atoms with E-state index in [2.05, 4.69) is 18.7 Å². The molecule has 0 aromatic heterocycles. The Morgan fingerprint density at radius 2 is 1.79 bits per heavy atom. The average Bonchev–Trinajstić information content (AvgIpc) is 2.39. The fourth-order valence-corrected chi connectivity index (χ4v) is 2.02. The third-order valence-corrected chi connectivity index (χ3v) is 3.26. The lowest BCUT2D eigenvalue weighted by atomic mass is 10.2. The van der Waals surface area contributed by atoms with E-state index in [4.69, 9.17) is 21.4 Å². The smallest absolute Gasteiger partial charge is 0.119 e. The van der Waals surface area contributed by atoms with Crippen molar-refractivity contribution in [3.05, 3.63) is 29.3 Å². The van der Waals surface area contributed by atoms with Gasteiger partial charge in [-0.25, -0.2) is 0 Å². The van der Waals surface area contributed by atoms with Crippen LogP contribution in [0.15, 0.2) is 24.3 Å². The number of ether oxygens (including phenoxy) is 1. The Morgan fingerprint density at radius 1 is 1.16 bits per heavy atom. The van der Waals surface area contributed by atoms with E-state index in [1.165, 1.54) is 0 Å². The van der Waals surface area contributed by atoms with Crippen LogP contribution in [0.3, 0.4) is 0 Å². The molecule has 0 aliphatic carbocycles. The van der Waals surface area contributed by atoms with E-state index in [9.17, 15) is 0 Å². The van der Waals surface area contributed by atoms with Crippen molar-refractivity contribution < 1.29 is 9.84 Å². The van der Waals surface area contributed by atoms with E-state index in [0.717, 1.165) is 36.7 Å². The number of aliphatic hydroxyl groups excluding tert-OH is 1. The molecule has 0 atom stereocenters. The third-order valence-electron chi connectivity index (χ3n) is 3.01. The molecule has 1 rings (SSSR count). The number of benzene rings is 1. The van der Waals surface area contributed by atoms with Crippen LogP contribution in [-0.2, 0) is 0 Å². The molecule has 0 aliphatic heterocycles. The van der Waals surface area contributed by atoms with Gasteiger partial charge in [-0.3, -0.25) is 0 Å². The van der Waals surface area contributed by atoms with Gasteiger partial charge >= 0.3 is 0 Å². The Bertz CT molecular complexity index is 341. The molecule has 4 heteroatoms. The summed E-state index contributed by atoms with van der Waals surface area (Å²) in [6.07, 6.45) is 1.81. The second-order valence-electron chi connectivity index (χ2n) is 4.86. The molecule has 1 aromatic rings. The zero-order chi connectivity index (χ0) is 14.1. The van der Waals surface area contributed by atoms with Crippen molar-refractivity contribution in [3.63, 3.8) is 0 Å². The SMILES string of the molecule is CC(C)N(CCCO)CCCOc1ccc(Cl)cc1. The van der Waals surface area contributed by atoms with Crippen LogP contribution in [0.2, 0.25) is 5.02 Å². The Labute approximate surface area is 121 Å². The van der Waals surface area contributed by atoms with Crippen LogP contribution in [0.4, 0.5) is 0 Å². The standard InChI is InChI=1S/C15H24ClNO2/c1-13(2)17(9-3-11-18)10-4-12-19-15-7-5-14(16)6-8-15/h5-8,13,18H,3-4,9-12H2,1-2H3. The summed E-state index contributed by atoms with van der Waals surface area (Å²) in [7, 11) is 0. The van der Waals surface area contributed by atoms with Crippen molar-refractivity contribution in [1.82, 2.24) is 4.90 Å². The molecule has 19 heavy (non-hydrogen) atoms. The van der Waals surface area contributed by atoms with Gasteiger partial charge in [-0.05, 0) is 51.0 Å². The molecule has 0 radical (unpaired) electrons. The lowest BCUT2D eigenvalue weighted by Gasteiger charge is -2.26. The molecule has 108 valence electrons. The van der Waals surface area contributed by atoms with E-state index in [1.807, 2.05) is 24.3 Å². The van der Waals surface area contributed by atoms with Crippen LogP contribution in [0.25, 0.3) is 0 Å². The highest BCUT2D eigenvalue weighted by Gasteiger charge is 2.08. The van der Waals surface area contributed by atoms with Gasteiger partial charge in [0.2, 0.25) is 0 Å². The predicted octanol–water partition coefficient (Wildman–Crippen LogP) is 3.20. The van der Waals surface area contributed by atoms with Crippen molar-refractivity contribution in [2.24, 2.45) is 0 Å². The predicted molar refractivity (Wildman–Crippen MR) is 80.0 cm³/mol. The molecule has 3 nitrogen and oxygen atoms in total. The van der Waals surface area contributed by atoms with Gasteiger partial charge in [0.05, 0.1) is 6.61 Å². The van der Waals surface area contributed by atoms with Crippen LogP contribution >= 0.6 is 11.6 Å². The van der Waals surface area contributed by atoms with Gasteiger partial charge in [-0.1, -0.05) is 11.6 Å². The molecule has 0 bridgehead atoms. The zero-order valence-electron chi connectivity index (χ0n) is 11.8. The van der Waals surface area contributed by atoms with Crippen molar-refractivity contribution >= 4 is 11.6 Å². The molecule has 0 fully saturated rings. The van der Waals surface area contributed by atoms with Gasteiger partial charge in [0.15, 0.2) is 0 Å². The summed E-state index contributed by atoms with van der Waals surface area (Å²) < 4.78 is 5.66. The van der Waals surface area contributed by atoms with Crippen molar-refractivity contribution in [2.45, 2.75) is 32.7 Å². The highest BCUT2D eigenvalue weighted by molar-refractivity contribution is 6.30. The highest BCUT2D eigenvalue weighted by atomic mass is 35.5. The fourth-order valence-electron chi connectivity index (χ4n) is 1.89. The van der Waals surface area contributed by atoms with E-state index in [1.54, 1.807) is 0 Å². The van der Waals surface area contributed by atoms with Gasteiger partial charge in [0.1, 0.15) is 5.75 Å². The summed E-state index contributed by atoms with van der Waals surface area (Å²) in [5.74, 6) is 0.857. The quantitative estimate of drug-likeness (QED) is 0.707. The highest BCUT2D eigenvalue weighted by Crippen LogP contribution is 2.15. The number of halogens is 1. The summed E-state index contributed by atoms with van der Waals surface area (Å²) in [6, 6.07) is 7.93. The first-order chi connectivity index (χ1) is 9.13. The lowest BCUT2D eigenvalue weighted by Crippen LogP contribution is -2.33. The molecular weight excluding hydrogens is 262 g/mol. The first kappa shape index (κ1) is 16.3.